The summed E-state index contributed by atoms with van der Waals surface area (Å²) in [4.78, 5) is 72.0. The number of unbranched alkanes of at least 4 members (excludes halogenated alkanes) is 34. The van der Waals surface area contributed by atoms with Crippen molar-refractivity contribution in [1.82, 2.24) is 0 Å². The van der Waals surface area contributed by atoms with Crippen LogP contribution in [0.5, 0.6) is 0 Å². The topological polar surface area (TPSA) is 237 Å². The van der Waals surface area contributed by atoms with Gasteiger partial charge in [0.15, 0.2) is 12.2 Å². The fourth-order valence-electron chi connectivity index (χ4n) is 9.37. The second-order valence-electron chi connectivity index (χ2n) is 23.0. The van der Waals surface area contributed by atoms with Crippen LogP contribution in [-0.4, -0.2) is 96.7 Å². The quantitative estimate of drug-likeness (QED) is 0.0222. The largest absolute Gasteiger partial charge is 0.472 e. The van der Waals surface area contributed by atoms with E-state index in [4.69, 9.17) is 37.0 Å². The molecule has 486 valence electrons. The van der Waals surface area contributed by atoms with Crippen LogP contribution < -0.4 is 0 Å². The third-order valence-electron chi connectivity index (χ3n) is 14.9. The van der Waals surface area contributed by atoms with Gasteiger partial charge in [-0.2, -0.15) is 0 Å². The summed E-state index contributed by atoms with van der Waals surface area (Å²) in [7, 11) is -9.88. The maximum absolute atomic E-state index is 13.0. The maximum Gasteiger partial charge on any atom is 0.472 e. The number of aliphatic hydroxyl groups excluding tert-OH is 1. The number of aliphatic hydroxyl groups is 1. The number of hydrogen-bond donors (Lipinski definition) is 3. The highest BCUT2D eigenvalue weighted by Crippen LogP contribution is 2.45. The molecule has 0 radical (unpaired) electrons. The molecule has 0 rings (SSSR count). The van der Waals surface area contributed by atoms with Crippen LogP contribution in [0.1, 0.15) is 317 Å². The molecule has 3 unspecified atom stereocenters. The molecule has 0 aliphatic heterocycles. The van der Waals surface area contributed by atoms with Crippen molar-refractivity contribution in [2.45, 2.75) is 335 Å². The zero-order chi connectivity index (χ0) is 60.6. The van der Waals surface area contributed by atoms with E-state index in [1.807, 2.05) is 0 Å². The van der Waals surface area contributed by atoms with Crippen molar-refractivity contribution in [3.8, 4) is 0 Å². The Balaban J connectivity index is 5.20. The maximum atomic E-state index is 13.0. The molecule has 3 N–H and O–H groups in total. The van der Waals surface area contributed by atoms with Gasteiger partial charge in [0.05, 0.1) is 26.4 Å². The van der Waals surface area contributed by atoms with Gasteiger partial charge in [0.25, 0.3) is 0 Å². The molecule has 0 aromatic heterocycles. The molecule has 0 saturated heterocycles. The van der Waals surface area contributed by atoms with Crippen LogP contribution in [0.2, 0.25) is 0 Å². The molecule has 0 aromatic rings. The second kappa shape index (κ2) is 56.8. The fraction of sp³-hybridized carbons (Fsp3) is 0.937. The minimum absolute atomic E-state index is 0.106. The molecule has 6 atom stereocenters. The Morgan fingerprint density at radius 2 is 0.585 bits per heavy atom. The lowest BCUT2D eigenvalue weighted by atomic mass is 10.00. The summed E-state index contributed by atoms with van der Waals surface area (Å²) in [6, 6.07) is 0. The number of carbonyl (C=O) groups is 4. The summed E-state index contributed by atoms with van der Waals surface area (Å²) >= 11 is 0. The van der Waals surface area contributed by atoms with Crippen LogP contribution in [-0.2, 0) is 65.4 Å². The molecule has 0 spiro atoms. The summed E-state index contributed by atoms with van der Waals surface area (Å²) in [6.07, 6.45) is 40.4. The first kappa shape index (κ1) is 80.1. The standard InChI is InChI=1S/C63H122O17P2/c1-6-10-13-16-19-21-23-24-25-26-27-29-32-39-44-49-63(68)80-59(53-74-61(66)47-42-37-34-33-35-40-45-56(5)9-4)55-78-82(71,72)76-51-57(64)50-75-81(69,70)77-54-58(52-73-60(65)46-41-36-30-18-15-12-8-3)79-62(67)48-43-38-31-28-22-20-17-14-11-7-2/h56-59,64H,6-55H2,1-5H3,(H,69,70)(H,71,72)/t56?,57-,58+,59+/m0/s1. The van der Waals surface area contributed by atoms with E-state index in [1.165, 1.54) is 122 Å². The van der Waals surface area contributed by atoms with Gasteiger partial charge in [0.1, 0.15) is 19.3 Å². The van der Waals surface area contributed by atoms with E-state index in [2.05, 4.69) is 34.6 Å². The van der Waals surface area contributed by atoms with Crippen molar-refractivity contribution in [2.75, 3.05) is 39.6 Å². The van der Waals surface area contributed by atoms with Crippen molar-refractivity contribution in [2.24, 2.45) is 5.92 Å². The summed E-state index contributed by atoms with van der Waals surface area (Å²) in [5, 5.41) is 10.5. The lowest BCUT2D eigenvalue weighted by Gasteiger charge is -2.21. The Morgan fingerprint density at radius 3 is 0.866 bits per heavy atom. The van der Waals surface area contributed by atoms with Crippen LogP contribution >= 0.6 is 15.6 Å². The van der Waals surface area contributed by atoms with E-state index < -0.39 is 97.5 Å². The van der Waals surface area contributed by atoms with Gasteiger partial charge in [-0.1, -0.05) is 266 Å². The molecule has 82 heavy (non-hydrogen) atoms. The molecule has 0 aromatic carbocycles. The van der Waals surface area contributed by atoms with Crippen molar-refractivity contribution < 1.29 is 80.2 Å². The molecule has 0 aliphatic rings. The molecule has 0 heterocycles. The monoisotopic (exact) mass is 1210 g/mol. The highest BCUT2D eigenvalue weighted by molar-refractivity contribution is 7.47. The molecule has 0 saturated carbocycles. The summed E-state index contributed by atoms with van der Waals surface area (Å²) in [5.74, 6) is -1.41. The van der Waals surface area contributed by atoms with Gasteiger partial charge in [0.2, 0.25) is 0 Å². The second-order valence-corrected chi connectivity index (χ2v) is 25.9. The number of carbonyl (C=O) groups excluding carboxylic acids is 4. The number of rotatable bonds is 63. The Labute approximate surface area is 498 Å². The Bertz CT molecular complexity index is 1600. The molecule has 0 fully saturated rings. The Kier molecular flexibility index (Phi) is 55.5. The van der Waals surface area contributed by atoms with E-state index in [-0.39, 0.29) is 25.7 Å². The lowest BCUT2D eigenvalue weighted by Crippen LogP contribution is -2.30. The van der Waals surface area contributed by atoms with Gasteiger partial charge in [-0.25, -0.2) is 9.13 Å². The van der Waals surface area contributed by atoms with Gasteiger partial charge in [-0.05, 0) is 31.6 Å². The normalized spacial score (nSPS) is 14.6. The highest BCUT2D eigenvalue weighted by atomic mass is 31.2. The van der Waals surface area contributed by atoms with Gasteiger partial charge >= 0.3 is 39.5 Å². The third kappa shape index (κ3) is 55.9. The first-order valence-corrected chi connectivity index (χ1v) is 36.2. The summed E-state index contributed by atoms with van der Waals surface area (Å²) in [5.41, 5.74) is 0. The van der Waals surface area contributed by atoms with E-state index in [0.717, 1.165) is 115 Å². The predicted octanol–water partition coefficient (Wildman–Crippen LogP) is 17.4. The third-order valence-corrected chi connectivity index (χ3v) is 16.8. The van der Waals surface area contributed by atoms with Crippen LogP contribution in [0.3, 0.4) is 0 Å². The molecular formula is C63H122O17P2. The van der Waals surface area contributed by atoms with Crippen LogP contribution in [0, 0.1) is 5.92 Å². The minimum Gasteiger partial charge on any atom is -0.462 e. The fourth-order valence-corrected chi connectivity index (χ4v) is 11.0. The molecule has 0 bridgehead atoms. The lowest BCUT2D eigenvalue weighted by molar-refractivity contribution is -0.161. The van der Waals surface area contributed by atoms with E-state index >= 15 is 0 Å². The molecule has 19 heteroatoms. The first-order valence-electron chi connectivity index (χ1n) is 33.2. The van der Waals surface area contributed by atoms with Crippen LogP contribution in [0.25, 0.3) is 0 Å². The zero-order valence-corrected chi connectivity index (χ0v) is 54.4. The van der Waals surface area contributed by atoms with E-state index in [1.54, 1.807) is 0 Å². The van der Waals surface area contributed by atoms with Gasteiger partial charge in [0, 0.05) is 25.7 Å². The van der Waals surface area contributed by atoms with Gasteiger partial charge < -0.3 is 33.8 Å². The van der Waals surface area contributed by atoms with Crippen molar-refractivity contribution in [3.05, 3.63) is 0 Å². The van der Waals surface area contributed by atoms with Crippen molar-refractivity contribution >= 4 is 39.5 Å². The zero-order valence-electron chi connectivity index (χ0n) is 52.6. The van der Waals surface area contributed by atoms with Gasteiger partial charge in [-0.3, -0.25) is 37.3 Å². The minimum atomic E-state index is -4.94. The number of phosphoric acid groups is 2. The predicted molar refractivity (Wildman–Crippen MR) is 326 cm³/mol. The van der Waals surface area contributed by atoms with Gasteiger partial charge in [-0.15, -0.1) is 0 Å². The summed E-state index contributed by atoms with van der Waals surface area (Å²) < 4.78 is 67.9. The van der Waals surface area contributed by atoms with Crippen molar-refractivity contribution in [3.63, 3.8) is 0 Å². The van der Waals surface area contributed by atoms with E-state index in [9.17, 15) is 43.2 Å². The smallest absolute Gasteiger partial charge is 0.462 e. The summed E-state index contributed by atoms with van der Waals surface area (Å²) in [6.45, 7) is 7.10. The van der Waals surface area contributed by atoms with Crippen molar-refractivity contribution in [1.29, 1.82) is 0 Å². The average molecular weight is 1210 g/mol. The molecule has 0 aliphatic carbocycles. The van der Waals surface area contributed by atoms with Crippen LogP contribution in [0.15, 0.2) is 0 Å². The average Bonchev–Trinajstić information content (AvgIpc) is 3.49. The molecular weight excluding hydrogens is 1090 g/mol. The Hall–Kier alpha value is -1.94. The first-order chi connectivity index (χ1) is 39.6. The number of ether oxygens (including phenoxy) is 4. The number of hydrogen-bond acceptors (Lipinski definition) is 15. The van der Waals surface area contributed by atoms with E-state index in [0.29, 0.717) is 25.7 Å². The Morgan fingerprint density at radius 1 is 0.341 bits per heavy atom. The number of esters is 4. The highest BCUT2D eigenvalue weighted by Gasteiger charge is 2.30. The SMILES string of the molecule is CCCCCCCCCCCCCCCCCC(=O)O[C@H](COC(=O)CCCCCCCCC(C)CC)COP(=O)(O)OC[C@@H](O)COP(=O)(O)OC[C@@H](COC(=O)CCCCCCCCC)OC(=O)CCCCCCCCCCCC. The molecule has 0 amide bonds. The van der Waals surface area contributed by atoms with Crippen LogP contribution in [0.4, 0.5) is 0 Å². The molecule has 17 nitrogen and oxygen atoms in total. The number of phosphoric ester groups is 2.